The number of carbonyl (C=O) groups excluding carboxylic acids is 1. The molecule has 4 nitrogen and oxygen atoms in total. The second kappa shape index (κ2) is 4.44. The smallest absolute Gasteiger partial charge is 0.306 e. The molecule has 0 spiro atoms. The van der Waals surface area contributed by atoms with Gasteiger partial charge in [0.2, 0.25) is 5.91 Å². The van der Waals surface area contributed by atoms with Crippen LogP contribution in [0.5, 0.6) is 0 Å². The van der Waals surface area contributed by atoms with Crippen LogP contribution < -0.4 is 0 Å². The van der Waals surface area contributed by atoms with Crippen molar-refractivity contribution in [1.82, 2.24) is 4.90 Å². The van der Waals surface area contributed by atoms with E-state index >= 15 is 0 Å². The Morgan fingerprint density at radius 2 is 1.75 bits per heavy atom. The van der Waals surface area contributed by atoms with E-state index in [9.17, 15) is 9.59 Å². The number of carbonyl (C=O) groups is 2. The lowest BCUT2D eigenvalue weighted by Crippen LogP contribution is -2.43. The number of carboxylic acids is 1. The Bertz CT molecular complexity index is 299. The molecule has 90 valence electrons. The Balaban J connectivity index is 1.88. The van der Waals surface area contributed by atoms with Gasteiger partial charge in [-0.3, -0.25) is 9.59 Å². The zero-order valence-corrected chi connectivity index (χ0v) is 9.69. The highest BCUT2D eigenvalue weighted by Gasteiger charge is 2.37. The van der Waals surface area contributed by atoms with Gasteiger partial charge in [0.15, 0.2) is 0 Å². The fraction of sp³-hybridized carbons (Fsp3) is 0.833. The van der Waals surface area contributed by atoms with Gasteiger partial charge in [0, 0.05) is 19.0 Å². The lowest BCUT2D eigenvalue weighted by molar-refractivity contribution is -0.142. The van der Waals surface area contributed by atoms with Crippen molar-refractivity contribution in [1.29, 1.82) is 0 Å². The monoisotopic (exact) mass is 225 g/mol. The second-order valence-electron chi connectivity index (χ2n) is 5.08. The number of amides is 1. The Kier molecular flexibility index (Phi) is 3.17. The summed E-state index contributed by atoms with van der Waals surface area (Å²) in [5, 5.41) is 8.89. The molecule has 0 aromatic heterocycles. The molecule has 0 aromatic rings. The minimum absolute atomic E-state index is 0.0494. The van der Waals surface area contributed by atoms with Crippen LogP contribution in [0.4, 0.5) is 0 Å². The molecule has 16 heavy (non-hydrogen) atoms. The van der Waals surface area contributed by atoms with Crippen molar-refractivity contribution >= 4 is 11.9 Å². The average molecular weight is 225 g/mol. The van der Waals surface area contributed by atoms with E-state index in [-0.39, 0.29) is 17.7 Å². The SMILES string of the molecule is CN(C(=O)C1CCC(C(=O)O)C1)C1CCC1. The molecule has 2 saturated carbocycles. The Hall–Kier alpha value is -1.06. The van der Waals surface area contributed by atoms with Crippen LogP contribution in [-0.4, -0.2) is 35.0 Å². The number of rotatable bonds is 3. The van der Waals surface area contributed by atoms with E-state index in [0.29, 0.717) is 18.9 Å². The molecule has 2 rings (SSSR count). The van der Waals surface area contributed by atoms with E-state index in [2.05, 4.69) is 0 Å². The Labute approximate surface area is 95.6 Å². The number of hydrogen-bond acceptors (Lipinski definition) is 2. The summed E-state index contributed by atoms with van der Waals surface area (Å²) in [7, 11) is 1.86. The van der Waals surface area contributed by atoms with Crippen LogP contribution in [0.15, 0.2) is 0 Å². The third-order valence-electron chi connectivity index (χ3n) is 4.10. The lowest BCUT2D eigenvalue weighted by atomic mass is 9.90. The number of carboxylic acid groups (broad SMARTS) is 1. The summed E-state index contributed by atoms with van der Waals surface area (Å²) in [5.74, 6) is -0.939. The molecule has 0 aromatic carbocycles. The highest BCUT2D eigenvalue weighted by Crippen LogP contribution is 2.34. The molecule has 2 atom stereocenters. The predicted octanol–water partition coefficient (Wildman–Crippen LogP) is 1.50. The normalized spacial score (nSPS) is 29.8. The maximum Gasteiger partial charge on any atom is 0.306 e. The minimum Gasteiger partial charge on any atom is -0.481 e. The van der Waals surface area contributed by atoms with Gasteiger partial charge in [-0.05, 0) is 38.5 Å². The van der Waals surface area contributed by atoms with E-state index in [1.54, 1.807) is 0 Å². The van der Waals surface area contributed by atoms with Crippen molar-refractivity contribution in [2.75, 3.05) is 7.05 Å². The molecule has 0 saturated heterocycles. The van der Waals surface area contributed by atoms with Gasteiger partial charge in [0.25, 0.3) is 0 Å². The van der Waals surface area contributed by atoms with Crippen molar-refractivity contribution in [3.63, 3.8) is 0 Å². The van der Waals surface area contributed by atoms with Crippen LogP contribution in [-0.2, 0) is 9.59 Å². The molecule has 0 heterocycles. The first kappa shape index (κ1) is 11.4. The van der Waals surface area contributed by atoms with Gasteiger partial charge in [-0.25, -0.2) is 0 Å². The van der Waals surface area contributed by atoms with Gasteiger partial charge in [-0.1, -0.05) is 0 Å². The molecule has 1 N–H and O–H groups in total. The van der Waals surface area contributed by atoms with Gasteiger partial charge >= 0.3 is 5.97 Å². The maximum atomic E-state index is 12.1. The van der Waals surface area contributed by atoms with Gasteiger partial charge in [0.05, 0.1) is 5.92 Å². The maximum absolute atomic E-state index is 12.1. The third-order valence-corrected chi connectivity index (χ3v) is 4.10. The molecule has 2 aliphatic rings. The van der Waals surface area contributed by atoms with Crippen LogP contribution in [0.3, 0.4) is 0 Å². The zero-order valence-electron chi connectivity index (χ0n) is 9.69. The van der Waals surface area contributed by atoms with Crippen molar-refractivity contribution in [2.45, 2.75) is 44.6 Å². The average Bonchev–Trinajstić information content (AvgIpc) is 2.62. The van der Waals surface area contributed by atoms with E-state index in [1.165, 1.54) is 6.42 Å². The predicted molar refractivity (Wildman–Crippen MR) is 58.9 cm³/mol. The minimum atomic E-state index is -0.749. The van der Waals surface area contributed by atoms with Gasteiger partial charge < -0.3 is 10.0 Å². The Morgan fingerprint density at radius 1 is 1.12 bits per heavy atom. The summed E-state index contributed by atoms with van der Waals surface area (Å²) in [6, 6.07) is 0.413. The third kappa shape index (κ3) is 2.06. The summed E-state index contributed by atoms with van der Waals surface area (Å²) < 4.78 is 0. The molecule has 0 radical (unpaired) electrons. The van der Waals surface area contributed by atoms with Crippen molar-refractivity contribution in [2.24, 2.45) is 11.8 Å². The topological polar surface area (TPSA) is 57.6 Å². The summed E-state index contributed by atoms with van der Waals surface area (Å²) in [6.07, 6.45) is 5.36. The lowest BCUT2D eigenvalue weighted by Gasteiger charge is -2.36. The van der Waals surface area contributed by atoms with Gasteiger partial charge in [-0.15, -0.1) is 0 Å². The number of nitrogens with zero attached hydrogens (tertiary/aromatic N) is 1. The van der Waals surface area contributed by atoms with Crippen LogP contribution in [0.1, 0.15) is 38.5 Å². The molecule has 2 fully saturated rings. The van der Waals surface area contributed by atoms with Crippen molar-refractivity contribution in [3.8, 4) is 0 Å². The molecule has 2 unspecified atom stereocenters. The largest absolute Gasteiger partial charge is 0.481 e. The van der Waals surface area contributed by atoms with Crippen LogP contribution >= 0.6 is 0 Å². The molecule has 4 heteroatoms. The van der Waals surface area contributed by atoms with E-state index in [4.69, 9.17) is 5.11 Å². The highest BCUT2D eigenvalue weighted by atomic mass is 16.4. The Morgan fingerprint density at radius 3 is 2.19 bits per heavy atom. The van der Waals surface area contributed by atoms with E-state index in [0.717, 1.165) is 19.3 Å². The molecule has 1 amide bonds. The number of aliphatic carboxylic acids is 1. The molecular formula is C12H19NO3. The number of hydrogen-bond donors (Lipinski definition) is 1. The first-order valence-electron chi connectivity index (χ1n) is 6.09. The molecule has 0 aliphatic heterocycles. The first-order chi connectivity index (χ1) is 7.59. The zero-order chi connectivity index (χ0) is 11.7. The first-order valence-corrected chi connectivity index (χ1v) is 6.09. The molecule has 0 bridgehead atoms. The quantitative estimate of drug-likeness (QED) is 0.791. The van der Waals surface area contributed by atoms with E-state index in [1.807, 2.05) is 11.9 Å². The van der Waals surface area contributed by atoms with Crippen molar-refractivity contribution in [3.05, 3.63) is 0 Å². The summed E-state index contributed by atoms with van der Waals surface area (Å²) in [5.41, 5.74) is 0. The van der Waals surface area contributed by atoms with Crippen LogP contribution in [0.25, 0.3) is 0 Å². The van der Waals surface area contributed by atoms with E-state index < -0.39 is 5.97 Å². The van der Waals surface area contributed by atoms with Crippen LogP contribution in [0.2, 0.25) is 0 Å². The highest BCUT2D eigenvalue weighted by molar-refractivity contribution is 5.81. The molecule has 2 aliphatic carbocycles. The standard InChI is InChI=1S/C12H19NO3/c1-13(10-3-2-4-10)11(14)8-5-6-9(7-8)12(15)16/h8-10H,2-7H2,1H3,(H,15,16). The fourth-order valence-corrected chi connectivity index (χ4v) is 2.67. The molecular weight excluding hydrogens is 206 g/mol. The van der Waals surface area contributed by atoms with Crippen LogP contribution in [0, 0.1) is 11.8 Å². The summed E-state index contributed by atoms with van der Waals surface area (Å²) in [6.45, 7) is 0. The van der Waals surface area contributed by atoms with Crippen molar-refractivity contribution < 1.29 is 14.7 Å². The van der Waals surface area contributed by atoms with Gasteiger partial charge in [-0.2, -0.15) is 0 Å². The fourth-order valence-electron chi connectivity index (χ4n) is 2.67. The van der Waals surface area contributed by atoms with Gasteiger partial charge in [0.1, 0.15) is 0 Å². The second-order valence-corrected chi connectivity index (χ2v) is 5.08. The summed E-state index contributed by atoms with van der Waals surface area (Å²) in [4.78, 5) is 24.7. The summed E-state index contributed by atoms with van der Waals surface area (Å²) >= 11 is 0.